The molecule has 1 heterocycles. The molecule has 3 aromatic rings. The Bertz CT molecular complexity index is 965. The number of aryl methyl sites for hydroxylation is 2. The third-order valence-electron chi connectivity index (χ3n) is 4.16. The van der Waals surface area contributed by atoms with Crippen LogP contribution in [0.15, 0.2) is 54.7 Å². The second kappa shape index (κ2) is 8.43. The number of carbonyl (C=O) groups is 1. The van der Waals surface area contributed by atoms with E-state index < -0.39 is 0 Å². The van der Waals surface area contributed by atoms with Crippen LogP contribution in [0.1, 0.15) is 21.5 Å². The molecule has 2 aromatic carbocycles. The van der Waals surface area contributed by atoms with Gasteiger partial charge < -0.3 is 20.1 Å². The average molecular weight is 377 g/mol. The molecule has 0 fully saturated rings. The molecule has 0 spiro atoms. The molecule has 1 aromatic heterocycles. The first-order valence-corrected chi connectivity index (χ1v) is 8.83. The second-order valence-corrected chi connectivity index (χ2v) is 6.46. The third-order valence-corrected chi connectivity index (χ3v) is 4.16. The fraction of sp³-hybridized carbons (Fsp3) is 0.182. The lowest BCUT2D eigenvalue weighted by atomic mass is 10.1. The highest BCUT2D eigenvalue weighted by Crippen LogP contribution is 2.30. The van der Waals surface area contributed by atoms with Crippen molar-refractivity contribution in [3.8, 4) is 11.5 Å². The van der Waals surface area contributed by atoms with Crippen LogP contribution in [0.2, 0.25) is 0 Å². The number of nitrogens with one attached hydrogen (secondary N) is 2. The summed E-state index contributed by atoms with van der Waals surface area (Å²) in [5, 5.41) is 6.09. The quantitative estimate of drug-likeness (QED) is 0.651. The molecular formula is C22H23N3O3. The lowest BCUT2D eigenvalue weighted by molar-refractivity contribution is 0.102. The molecule has 6 heteroatoms. The van der Waals surface area contributed by atoms with Crippen molar-refractivity contribution in [2.24, 2.45) is 0 Å². The number of hydrogen-bond acceptors (Lipinski definition) is 5. The van der Waals surface area contributed by atoms with E-state index in [1.165, 1.54) is 11.1 Å². The van der Waals surface area contributed by atoms with Crippen molar-refractivity contribution in [2.75, 3.05) is 24.9 Å². The molecule has 144 valence electrons. The number of rotatable bonds is 6. The van der Waals surface area contributed by atoms with Crippen molar-refractivity contribution < 1.29 is 14.3 Å². The Morgan fingerprint density at radius 2 is 1.57 bits per heavy atom. The maximum Gasteiger partial charge on any atom is 0.257 e. The Hall–Kier alpha value is -3.54. The molecule has 0 saturated heterocycles. The topological polar surface area (TPSA) is 72.5 Å². The number of anilines is 3. The fourth-order valence-corrected chi connectivity index (χ4v) is 2.91. The highest BCUT2D eigenvalue weighted by Gasteiger charge is 2.10. The minimum atomic E-state index is -0.252. The van der Waals surface area contributed by atoms with Gasteiger partial charge in [-0.3, -0.25) is 4.79 Å². The zero-order chi connectivity index (χ0) is 20.1. The van der Waals surface area contributed by atoms with Gasteiger partial charge >= 0.3 is 0 Å². The van der Waals surface area contributed by atoms with Gasteiger partial charge in [-0.15, -0.1) is 0 Å². The summed E-state index contributed by atoms with van der Waals surface area (Å²) in [5.74, 6) is 1.57. The van der Waals surface area contributed by atoms with Crippen LogP contribution in [0.3, 0.4) is 0 Å². The summed E-state index contributed by atoms with van der Waals surface area (Å²) in [4.78, 5) is 16.8. The first kappa shape index (κ1) is 19.2. The Morgan fingerprint density at radius 1 is 0.857 bits per heavy atom. The van der Waals surface area contributed by atoms with Crippen molar-refractivity contribution in [1.29, 1.82) is 0 Å². The molecule has 0 aliphatic heterocycles. The Morgan fingerprint density at radius 3 is 2.18 bits per heavy atom. The van der Waals surface area contributed by atoms with E-state index >= 15 is 0 Å². The standard InChI is InChI=1S/C22H23N3O3/c1-14-9-15(2)11-18(10-14)24-21-8-5-16(13-23-21)22(26)25-17-6-7-19(27-3)20(12-17)28-4/h5-13H,1-4H3,(H,23,24)(H,25,26). The first-order valence-electron chi connectivity index (χ1n) is 8.83. The van der Waals surface area contributed by atoms with Gasteiger partial charge in [-0.2, -0.15) is 0 Å². The summed E-state index contributed by atoms with van der Waals surface area (Å²) in [6, 6.07) is 14.9. The number of methoxy groups -OCH3 is 2. The maximum atomic E-state index is 12.5. The molecule has 3 rings (SSSR count). The van der Waals surface area contributed by atoms with Crippen molar-refractivity contribution >= 4 is 23.1 Å². The number of hydrogen-bond donors (Lipinski definition) is 2. The SMILES string of the molecule is COc1ccc(NC(=O)c2ccc(Nc3cc(C)cc(C)c3)nc2)cc1OC. The number of pyridine rings is 1. The minimum Gasteiger partial charge on any atom is -0.493 e. The molecule has 1 amide bonds. The van der Waals surface area contributed by atoms with E-state index in [1.54, 1.807) is 50.7 Å². The molecule has 0 aliphatic rings. The predicted molar refractivity (Wildman–Crippen MR) is 111 cm³/mol. The molecule has 0 saturated carbocycles. The molecule has 0 atom stereocenters. The van der Waals surface area contributed by atoms with Crippen LogP contribution >= 0.6 is 0 Å². The van der Waals surface area contributed by atoms with Gasteiger partial charge in [0.15, 0.2) is 11.5 Å². The molecule has 2 N–H and O–H groups in total. The highest BCUT2D eigenvalue weighted by molar-refractivity contribution is 6.04. The number of aromatic nitrogens is 1. The van der Waals surface area contributed by atoms with Crippen molar-refractivity contribution in [3.05, 3.63) is 71.4 Å². The minimum absolute atomic E-state index is 0.252. The molecule has 6 nitrogen and oxygen atoms in total. The smallest absolute Gasteiger partial charge is 0.257 e. The van der Waals surface area contributed by atoms with Gasteiger partial charge in [0.1, 0.15) is 5.82 Å². The summed E-state index contributed by atoms with van der Waals surface area (Å²) in [5.41, 5.74) is 4.38. The van der Waals surface area contributed by atoms with Gasteiger partial charge in [0.05, 0.1) is 19.8 Å². The number of benzene rings is 2. The summed E-state index contributed by atoms with van der Waals surface area (Å²) >= 11 is 0. The van der Waals surface area contributed by atoms with Crippen LogP contribution in [-0.2, 0) is 0 Å². The Kier molecular flexibility index (Phi) is 5.79. The normalized spacial score (nSPS) is 10.3. The van der Waals surface area contributed by atoms with Gasteiger partial charge in [0, 0.05) is 23.6 Å². The van der Waals surface area contributed by atoms with E-state index in [9.17, 15) is 4.79 Å². The van der Waals surface area contributed by atoms with Crippen molar-refractivity contribution in [2.45, 2.75) is 13.8 Å². The van der Waals surface area contributed by atoms with Gasteiger partial charge in [-0.05, 0) is 61.4 Å². The molecule has 0 radical (unpaired) electrons. The van der Waals surface area contributed by atoms with Gasteiger partial charge in [-0.1, -0.05) is 6.07 Å². The lowest BCUT2D eigenvalue weighted by Gasteiger charge is -2.11. The number of amides is 1. The number of ether oxygens (including phenoxy) is 2. The van der Waals surface area contributed by atoms with Crippen molar-refractivity contribution in [3.63, 3.8) is 0 Å². The predicted octanol–water partition coefficient (Wildman–Crippen LogP) is 4.71. The monoisotopic (exact) mass is 377 g/mol. The van der Waals surface area contributed by atoms with Crippen molar-refractivity contribution in [1.82, 2.24) is 4.98 Å². The summed E-state index contributed by atoms with van der Waals surface area (Å²) in [7, 11) is 3.12. The molecule has 0 bridgehead atoms. The van der Waals surface area contributed by atoms with E-state index in [4.69, 9.17) is 9.47 Å². The number of nitrogens with zero attached hydrogens (tertiary/aromatic N) is 1. The van der Waals surface area contributed by atoms with Gasteiger partial charge in [0.25, 0.3) is 5.91 Å². The zero-order valence-corrected chi connectivity index (χ0v) is 16.4. The van der Waals surface area contributed by atoms with Crippen LogP contribution < -0.4 is 20.1 Å². The fourth-order valence-electron chi connectivity index (χ4n) is 2.91. The molecule has 0 unspecified atom stereocenters. The van der Waals surface area contributed by atoms with E-state index in [-0.39, 0.29) is 5.91 Å². The van der Waals surface area contributed by atoms with E-state index in [0.29, 0.717) is 28.6 Å². The summed E-state index contributed by atoms with van der Waals surface area (Å²) < 4.78 is 10.5. The zero-order valence-electron chi connectivity index (χ0n) is 16.4. The van der Waals surface area contributed by atoms with E-state index in [1.807, 2.05) is 26.0 Å². The van der Waals surface area contributed by atoms with E-state index in [2.05, 4.69) is 21.7 Å². The van der Waals surface area contributed by atoms with Crippen LogP contribution in [0.25, 0.3) is 0 Å². The molecule has 0 aliphatic carbocycles. The van der Waals surface area contributed by atoms with E-state index in [0.717, 1.165) is 5.69 Å². The van der Waals surface area contributed by atoms with Gasteiger partial charge in [0.2, 0.25) is 0 Å². The second-order valence-electron chi connectivity index (χ2n) is 6.46. The molecular weight excluding hydrogens is 354 g/mol. The highest BCUT2D eigenvalue weighted by atomic mass is 16.5. The van der Waals surface area contributed by atoms with Gasteiger partial charge in [-0.25, -0.2) is 4.98 Å². The van der Waals surface area contributed by atoms with Crippen LogP contribution in [0.5, 0.6) is 11.5 Å². The van der Waals surface area contributed by atoms with Crippen LogP contribution in [-0.4, -0.2) is 25.1 Å². The van der Waals surface area contributed by atoms with Crippen LogP contribution in [0, 0.1) is 13.8 Å². The van der Waals surface area contributed by atoms with Crippen LogP contribution in [0.4, 0.5) is 17.2 Å². The number of carbonyl (C=O) groups excluding carboxylic acids is 1. The summed E-state index contributed by atoms with van der Waals surface area (Å²) in [6.07, 6.45) is 1.54. The summed E-state index contributed by atoms with van der Waals surface area (Å²) in [6.45, 7) is 4.10. The average Bonchev–Trinajstić information content (AvgIpc) is 2.67. The lowest BCUT2D eigenvalue weighted by Crippen LogP contribution is -2.12. The first-order chi connectivity index (χ1) is 13.5. The third kappa shape index (κ3) is 4.59. The Balaban J connectivity index is 1.70. The largest absolute Gasteiger partial charge is 0.493 e. The maximum absolute atomic E-state index is 12.5. The Labute approximate surface area is 164 Å². The molecule has 28 heavy (non-hydrogen) atoms.